The molecule has 4 aromatic rings. The van der Waals surface area contributed by atoms with Crippen molar-refractivity contribution < 1.29 is 14.3 Å². The van der Waals surface area contributed by atoms with Gasteiger partial charge in [-0.3, -0.25) is 19.6 Å². The van der Waals surface area contributed by atoms with E-state index < -0.39 is 0 Å². The molecule has 0 bridgehead atoms. The number of methoxy groups -OCH3 is 1. The number of hydrogen-bond donors (Lipinski definition) is 2. The number of rotatable bonds is 5. The predicted octanol–water partition coefficient (Wildman–Crippen LogP) is 2.93. The topological polar surface area (TPSA) is 105 Å². The van der Waals surface area contributed by atoms with Crippen molar-refractivity contribution in [3.63, 3.8) is 0 Å². The van der Waals surface area contributed by atoms with E-state index >= 15 is 0 Å². The highest BCUT2D eigenvalue weighted by molar-refractivity contribution is 6.05. The second-order valence-corrected chi connectivity index (χ2v) is 7.26. The highest BCUT2D eigenvalue weighted by Gasteiger charge is 2.17. The molecular formula is C22H22N6O3. The number of aromatic amines is 1. The quantitative estimate of drug-likeness (QED) is 0.518. The number of ether oxygens (including phenoxy) is 1. The molecule has 9 heteroatoms. The molecule has 0 aliphatic rings. The maximum Gasteiger partial charge on any atom is 0.257 e. The number of imidazole rings is 1. The van der Waals surface area contributed by atoms with Crippen molar-refractivity contribution in [1.29, 1.82) is 0 Å². The standard InChI is InChI=1S/C22H22N6O3/c1-27(2)21(30)14-7-5-13(6-8-14)20(29)26-22-24-18-16(15-11-23-28(3)12-15)9-10-17(31-4)19(18)25-22/h5-12H,1-4H3,(H2,24,25,26,29). The molecular weight excluding hydrogens is 396 g/mol. The second kappa shape index (κ2) is 7.94. The third-order valence-corrected chi connectivity index (χ3v) is 4.87. The zero-order chi connectivity index (χ0) is 22.1. The summed E-state index contributed by atoms with van der Waals surface area (Å²) in [5, 5.41) is 7.00. The summed E-state index contributed by atoms with van der Waals surface area (Å²) in [5.74, 6) is 0.439. The van der Waals surface area contributed by atoms with Gasteiger partial charge in [0, 0.05) is 49.6 Å². The van der Waals surface area contributed by atoms with E-state index in [1.807, 2.05) is 25.4 Å². The van der Waals surface area contributed by atoms with Gasteiger partial charge in [-0.15, -0.1) is 0 Å². The van der Waals surface area contributed by atoms with Crippen molar-refractivity contribution in [3.8, 4) is 16.9 Å². The largest absolute Gasteiger partial charge is 0.494 e. The number of carbonyl (C=O) groups excluding carboxylic acids is 2. The first kappa shape index (κ1) is 20.1. The molecule has 2 aromatic heterocycles. The van der Waals surface area contributed by atoms with Crippen LogP contribution >= 0.6 is 0 Å². The molecule has 9 nitrogen and oxygen atoms in total. The molecule has 31 heavy (non-hydrogen) atoms. The number of hydrogen-bond acceptors (Lipinski definition) is 5. The van der Waals surface area contributed by atoms with Crippen LogP contribution < -0.4 is 10.1 Å². The zero-order valence-corrected chi connectivity index (χ0v) is 17.6. The minimum absolute atomic E-state index is 0.126. The van der Waals surface area contributed by atoms with E-state index in [-0.39, 0.29) is 11.8 Å². The number of fused-ring (bicyclic) bond motifs is 1. The van der Waals surface area contributed by atoms with Gasteiger partial charge in [-0.1, -0.05) is 0 Å². The van der Waals surface area contributed by atoms with Crippen molar-refractivity contribution in [2.24, 2.45) is 7.05 Å². The fourth-order valence-electron chi connectivity index (χ4n) is 3.29. The number of nitrogens with one attached hydrogen (secondary N) is 2. The molecule has 4 rings (SSSR count). The predicted molar refractivity (Wildman–Crippen MR) is 117 cm³/mol. The fraction of sp³-hybridized carbons (Fsp3) is 0.182. The van der Waals surface area contributed by atoms with E-state index in [9.17, 15) is 9.59 Å². The van der Waals surface area contributed by atoms with Crippen molar-refractivity contribution in [3.05, 3.63) is 59.9 Å². The minimum atomic E-state index is -0.343. The van der Waals surface area contributed by atoms with Gasteiger partial charge in [-0.25, -0.2) is 4.98 Å². The highest BCUT2D eigenvalue weighted by Crippen LogP contribution is 2.33. The van der Waals surface area contributed by atoms with E-state index in [2.05, 4.69) is 20.4 Å². The van der Waals surface area contributed by atoms with Crippen LogP contribution in [0.5, 0.6) is 5.75 Å². The number of aryl methyl sites for hydroxylation is 1. The molecule has 0 fully saturated rings. The van der Waals surface area contributed by atoms with Crippen LogP contribution in [-0.2, 0) is 7.05 Å². The maximum absolute atomic E-state index is 12.7. The molecule has 0 radical (unpaired) electrons. The molecule has 0 spiro atoms. The van der Waals surface area contributed by atoms with E-state index in [0.717, 1.165) is 11.1 Å². The Balaban J connectivity index is 1.64. The van der Waals surface area contributed by atoms with Crippen molar-refractivity contribution in [2.45, 2.75) is 0 Å². The first-order chi connectivity index (χ1) is 14.9. The Morgan fingerprint density at radius 2 is 1.81 bits per heavy atom. The lowest BCUT2D eigenvalue weighted by molar-refractivity contribution is 0.0827. The average molecular weight is 418 g/mol. The summed E-state index contributed by atoms with van der Waals surface area (Å²) in [5.41, 5.74) is 4.03. The van der Waals surface area contributed by atoms with Crippen molar-refractivity contribution in [1.82, 2.24) is 24.6 Å². The number of nitrogens with zero attached hydrogens (tertiary/aromatic N) is 4. The molecule has 2 amide bonds. The molecule has 0 aliphatic carbocycles. The first-order valence-electron chi connectivity index (χ1n) is 9.56. The summed E-state index contributed by atoms with van der Waals surface area (Å²) >= 11 is 0. The number of amides is 2. The van der Waals surface area contributed by atoms with Crippen molar-refractivity contribution >= 4 is 28.8 Å². The number of carbonyl (C=O) groups is 2. The molecule has 158 valence electrons. The summed E-state index contributed by atoms with van der Waals surface area (Å²) in [7, 11) is 6.78. The highest BCUT2D eigenvalue weighted by atomic mass is 16.5. The minimum Gasteiger partial charge on any atom is -0.494 e. The summed E-state index contributed by atoms with van der Waals surface area (Å²) in [6, 6.07) is 10.2. The fourth-order valence-corrected chi connectivity index (χ4v) is 3.29. The molecule has 0 atom stereocenters. The molecule has 2 N–H and O–H groups in total. The monoisotopic (exact) mass is 418 g/mol. The van der Waals surface area contributed by atoms with Crippen LogP contribution in [-0.4, -0.2) is 57.7 Å². The summed E-state index contributed by atoms with van der Waals surface area (Å²) in [6.45, 7) is 0. The normalized spacial score (nSPS) is 10.8. The van der Waals surface area contributed by atoms with Gasteiger partial charge in [0.15, 0.2) is 0 Å². The Morgan fingerprint density at radius 3 is 2.42 bits per heavy atom. The lowest BCUT2D eigenvalue weighted by atomic mass is 10.1. The molecule has 2 aromatic carbocycles. The van der Waals surface area contributed by atoms with Gasteiger partial charge < -0.3 is 14.6 Å². The van der Waals surface area contributed by atoms with Crippen LogP contribution in [0.4, 0.5) is 5.95 Å². The van der Waals surface area contributed by atoms with Crippen LogP contribution in [0.2, 0.25) is 0 Å². The summed E-state index contributed by atoms with van der Waals surface area (Å²) in [6.07, 6.45) is 3.65. The molecule has 0 saturated carbocycles. The van der Waals surface area contributed by atoms with Crippen LogP contribution in [0.15, 0.2) is 48.8 Å². The Morgan fingerprint density at radius 1 is 1.10 bits per heavy atom. The average Bonchev–Trinajstić information content (AvgIpc) is 3.38. The van der Waals surface area contributed by atoms with E-state index in [0.29, 0.717) is 33.9 Å². The lowest BCUT2D eigenvalue weighted by Crippen LogP contribution is -2.21. The van der Waals surface area contributed by atoms with E-state index in [4.69, 9.17) is 4.74 Å². The zero-order valence-electron chi connectivity index (χ0n) is 17.6. The number of anilines is 1. The first-order valence-corrected chi connectivity index (χ1v) is 9.56. The van der Waals surface area contributed by atoms with Gasteiger partial charge in [0.25, 0.3) is 11.8 Å². The number of benzene rings is 2. The molecule has 0 unspecified atom stereocenters. The molecule has 0 aliphatic heterocycles. The Labute approximate surface area is 178 Å². The Bertz CT molecular complexity index is 1270. The van der Waals surface area contributed by atoms with Crippen LogP contribution in [0.25, 0.3) is 22.2 Å². The van der Waals surface area contributed by atoms with Gasteiger partial charge in [-0.05, 0) is 36.4 Å². The Kier molecular flexibility index (Phi) is 5.16. The summed E-state index contributed by atoms with van der Waals surface area (Å²) < 4.78 is 7.15. The van der Waals surface area contributed by atoms with Crippen molar-refractivity contribution in [2.75, 3.05) is 26.5 Å². The van der Waals surface area contributed by atoms with Gasteiger partial charge in [0.05, 0.1) is 13.3 Å². The van der Waals surface area contributed by atoms with Crippen LogP contribution in [0.3, 0.4) is 0 Å². The van der Waals surface area contributed by atoms with Gasteiger partial charge in [0.1, 0.15) is 16.8 Å². The van der Waals surface area contributed by atoms with Gasteiger partial charge in [0.2, 0.25) is 5.95 Å². The lowest BCUT2D eigenvalue weighted by Gasteiger charge is -2.10. The SMILES string of the molecule is COc1ccc(-c2cnn(C)c2)c2nc(NC(=O)c3ccc(C(=O)N(C)C)cc3)[nH]c12. The molecule has 0 saturated heterocycles. The van der Waals surface area contributed by atoms with Crippen LogP contribution in [0, 0.1) is 0 Å². The molecule has 2 heterocycles. The maximum atomic E-state index is 12.7. The van der Waals surface area contributed by atoms with Crippen LogP contribution in [0.1, 0.15) is 20.7 Å². The smallest absolute Gasteiger partial charge is 0.257 e. The number of H-pyrrole nitrogens is 1. The Hall–Kier alpha value is -4.14. The summed E-state index contributed by atoms with van der Waals surface area (Å²) in [4.78, 5) is 33.9. The van der Waals surface area contributed by atoms with E-state index in [1.54, 1.807) is 56.3 Å². The third kappa shape index (κ3) is 3.85. The second-order valence-electron chi connectivity index (χ2n) is 7.26. The van der Waals surface area contributed by atoms with Gasteiger partial charge in [-0.2, -0.15) is 5.10 Å². The third-order valence-electron chi connectivity index (χ3n) is 4.87. The van der Waals surface area contributed by atoms with Gasteiger partial charge >= 0.3 is 0 Å². The number of aromatic nitrogens is 4. The van der Waals surface area contributed by atoms with E-state index in [1.165, 1.54) is 4.90 Å².